The number of ether oxygens (including phenoxy) is 1. The zero-order chi connectivity index (χ0) is 25.0. The van der Waals surface area contributed by atoms with Crippen molar-refractivity contribution in [1.29, 1.82) is 0 Å². The van der Waals surface area contributed by atoms with Crippen molar-refractivity contribution in [3.05, 3.63) is 96.1 Å². The summed E-state index contributed by atoms with van der Waals surface area (Å²) in [5, 5.41) is 12.0. The minimum Gasteiger partial charge on any atom is -0.480 e. The van der Waals surface area contributed by atoms with E-state index in [-0.39, 0.29) is 22.5 Å². The van der Waals surface area contributed by atoms with Crippen LogP contribution in [0, 0.1) is 5.92 Å². The van der Waals surface area contributed by atoms with Crippen LogP contribution in [0.2, 0.25) is 0 Å². The van der Waals surface area contributed by atoms with E-state index in [1.165, 1.54) is 11.8 Å². The number of aliphatic carboxylic acids is 1. The molecule has 3 aromatic rings. The number of para-hydroxylation sites is 1. The first-order chi connectivity index (χ1) is 16.9. The van der Waals surface area contributed by atoms with Gasteiger partial charge in [0.2, 0.25) is 11.0 Å². The third-order valence-corrected chi connectivity index (χ3v) is 7.26. The molecule has 3 rings (SSSR count). The molecule has 0 spiro atoms. The molecule has 3 aromatic carbocycles. The van der Waals surface area contributed by atoms with Crippen LogP contribution in [0.15, 0.2) is 84.9 Å². The maximum absolute atomic E-state index is 12.5. The zero-order valence-corrected chi connectivity index (χ0v) is 20.9. The summed E-state index contributed by atoms with van der Waals surface area (Å²) in [5.41, 5.74) is 1.60. The number of thioether (sulfide) groups is 2. The normalized spacial score (nSPS) is 12.4. The van der Waals surface area contributed by atoms with Crippen LogP contribution in [0.1, 0.15) is 22.8 Å². The summed E-state index contributed by atoms with van der Waals surface area (Å²) in [5.74, 6) is 0.610. The van der Waals surface area contributed by atoms with Crippen molar-refractivity contribution in [2.45, 2.75) is 18.7 Å². The van der Waals surface area contributed by atoms with Crippen LogP contribution >= 0.6 is 23.5 Å². The number of hydrogen-bond acceptors (Lipinski definition) is 6. The van der Waals surface area contributed by atoms with Crippen LogP contribution in [0.3, 0.4) is 0 Å². The SMILES string of the molecule is C[C@H](CSC(=O)c1ccccc1)C(=O)N[C@@H](CSCc1ccc(Oc2ccccc2)cc1)C(=O)O. The van der Waals surface area contributed by atoms with E-state index >= 15 is 0 Å². The molecule has 2 atom stereocenters. The monoisotopic (exact) mass is 509 g/mol. The van der Waals surface area contributed by atoms with Crippen LogP contribution in [-0.4, -0.2) is 39.6 Å². The molecule has 0 radical (unpaired) electrons. The molecule has 6 nitrogen and oxygen atoms in total. The molecule has 8 heteroatoms. The molecule has 0 aliphatic carbocycles. The Morgan fingerprint density at radius 1 is 0.857 bits per heavy atom. The molecule has 0 fully saturated rings. The Morgan fingerprint density at radius 3 is 2.09 bits per heavy atom. The first-order valence-corrected chi connectivity index (χ1v) is 13.2. The first-order valence-electron chi connectivity index (χ1n) is 11.1. The summed E-state index contributed by atoms with van der Waals surface area (Å²) >= 11 is 2.48. The second-order valence-electron chi connectivity index (χ2n) is 7.84. The van der Waals surface area contributed by atoms with Gasteiger partial charge in [-0.05, 0) is 29.8 Å². The number of amides is 1. The molecule has 182 valence electrons. The van der Waals surface area contributed by atoms with E-state index in [0.29, 0.717) is 11.3 Å². The van der Waals surface area contributed by atoms with Gasteiger partial charge in [-0.25, -0.2) is 4.79 Å². The topological polar surface area (TPSA) is 92.7 Å². The minimum atomic E-state index is -1.09. The number of hydrogen-bond donors (Lipinski definition) is 2. The lowest BCUT2D eigenvalue weighted by Gasteiger charge is -2.17. The molecule has 0 saturated heterocycles. The van der Waals surface area contributed by atoms with Gasteiger partial charge < -0.3 is 15.2 Å². The zero-order valence-electron chi connectivity index (χ0n) is 19.3. The van der Waals surface area contributed by atoms with E-state index < -0.39 is 17.9 Å². The molecule has 0 bridgehead atoms. The summed E-state index contributed by atoms with van der Waals surface area (Å²) < 4.78 is 5.78. The van der Waals surface area contributed by atoms with E-state index in [1.54, 1.807) is 31.2 Å². The molecule has 35 heavy (non-hydrogen) atoms. The van der Waals surface area contributed by atoms with E-state index in [2.05, 4.69) is 5.32 Å². The summed E-state index contributed by atoms with van der Waals surface area (Å²) in [6.07, 6.45) is 0. The summed E-state index contributed by atoms with van der Waals surface area (Å²) in [6, 6.07) is 24.9. The van der Waals surface area contributed by atoms with Gasteiger partial charge in [0.15, 0.2) is 0 Å². The smallest absolute Gasteiger partial charge is 0.327 e. The van der Waals surface area contributed by atoms with Gasteiger partial charge in [0, 0.05) is 28.7 Å². The lowest BCUT2D eigenvalue weighted by atomic mass is 10.2. The van der Waals surface area contributed by atoms with Crippen molar-refractivity contribution >= 4 is 40.5 Å². The van der Waals surface area contributed by atoms with E-state index in [9.17, 15) is 19.5 Å². The van der Waals surface area contributed by atoms with Gasteiger partial charge in [-0.3, -0.25) is 9.59 Å². The Bertz CT molecular complexity index is 1110. The van der Waals surface area contributed by atoms with Crippen molar-refractivity contribution in [3.63, 3.8) is 0 Å². The molecular weight excluding hydrogens is 482 g/mol. The van der Waals surface area contributed by atoms with Crippen molar-refractivity contribution in [3.8, 4) is 11.5 Å². The van der Waals surface area contributed by atoms with Gasteiger partial charge in [-0.1, -0.05) is 79.3 Å². The molecule has 1 amide bonds. The number of carboxylic acids is 1. The Hall–Kier alpha value is -3.23. The fourth-order valence-corrected chi connectivity index (χ4v) is 4.86. The molecule has 0 aliphatic heterocycles. The Labute approximate surface area is 213 Å². The predicted molar refractivity (Wildman–Crippen MR) is 141 cm³/mol. The van der Waals surface area contributed by atoms with Crippen molar-refractivity contribution < 1.29 is 24.2 Å². The Morgan fingerprint density at radius 2 is 1.46 bits per heavy atom. The average Bonchev–Trinajstić information content (AvgIpc) is 2.88. The van der Waals surface area contributed by atoms with Crippen molar-refractivity contribution in [2.24, 2.45) is 5.92 Å². The third kappa shape index (κ3) is 8.81. The third-order valence-electron chi connectivity index (χ3n) is 4.99. The largest absolute Gasteiger partial charge is 0.480 e. The number of rotatable bonds is 12. The summed E-state index contributed by atoms with van der Waals surface area (Å²) in [6.45, 7) is 1.69. The fraction of sp³-hybridized carbons (Fsp3) is 0.222. The highest BCUT2D eigenvalue weighted by molar-refractivity contribution is 8.14. The van der Waals surface area contributed by atoms with Crippen LogP contribution in [0.25, 0.3) is 0 Å². The van der Waals surface area contributed by atoms with Gasteiger partial charge in [-0.15, -0.1) is 0 Å². The lowest BCUT2D eigenvalue weighted by molar-refractivity contribution is -0.141. The molecule has 0 aromatic heterocycles. The molecular formula is C27H27NO5S2. The van der Waals surface area contributed by atoms with E-state index in [4.69, 9.17) is 4.74 Å². The molecule has 0 saturated carbocycles. The van der Waals surface area contributed by atoms with E-state index in [0.717, 1.165) is 28.8 Å². The molecule has 0 unspecified atom stereocenters. The second-order valence-corrected chi connectivity index (χ2v) is 9.86. The number of benzene rings is 3. The number of nitrogens with one attached hydrogen (secondary N) is 1. The van der Waals surface area contributed by atoms with Gasteiger partial charge in [0.25, 0.3) is 0 Å². The predicted octanol–water partition coefficient (Wildman–Crippen LogP) is 5.49. The Balaban J connectivity index is 1.42. The summed E-state index contributed by atoms with van der Waals surface area (Å²) in [7, 11) is 0. The van der Waals surface area contributed by atoms with E-state index in [1.807, 2.05) is 60.7 Å². The van der Waals surface area contributed by atoms with Gasteiger partial charge in [0.1, 0.15) is 17.5 Å². The quantitative estimate of drug-likeness (QED) is 0.333. The molecule has 0 aliphatic rings. The lowest BCUT2D eigenvalue weighted by Crippen LogP contribution is -2.45. The highest BCUT2D eigenvalue weighted by Gasteiger charge is 2.23. The number of carbonyl (C=O) groups is 3. The van der Waals surface area contributed by atoms with Gasteiger partial charge in [0.05, 0.1) is 0 Å². The molecule has 2 N–H and O–H groups in total. The standard InChI is InChI=1S/C27H27NO5S2/c1-19(16-35-27(32)21-8-4-2-5-9-21)25(29)28-24(26(30)31)18-34-17-20-12-14-23(15-13-20)33-22-10-6-3-7-11-22/h2-15,19,24H,16-18H2,1H3,(H,28,29)(H,30,31)/t19-,24+/m1/s1. The van der Waals surface area contributed by atoms with Gasteiger partial charge >= 0.3 is 5.97 Å². The van der Waals surface area contributed by atoms with Crippen LogP contribution in [0.4, 0.5) is 0 Å². The van der Waals surface area contributed by atoms with Gasteiger partial charge in [-0.2, -0.15) is 11.8 Å². The first kappa shape index (κ1) is 26.4. The highest BCUT2D eigenvalue weighted by atomic mass is 32.2. The Kier molecular flexibility index (Phi) is 10.3. The minimum absolute atomic E-state index is 0.115. The van der Waals surface area contributed by atoms with Crippen molar-refractivity contribution in [1.82, 2.24) is 5.32 Å². The summed E-state index contributed by atoms with van der Waals surface area (Å²) in [4.78, 5) is 36.4. The second kappa shape index (κ2) is 13.6. The highest BCUT2D eigenvalue weighted by Crippen LogP contribution is 2.23. The average molecular weight is 510 g/mol. The number of carbonyl (C=O) groups excluding carboxylic acids is 2. The van der Waals surface area contributed by atoms with Crippen molar-refractivity contribution in [2.75, 3.05) is 11.5 Å². The van der Waals surface area contributed by atoms with Crippen LogP contribution in [0.5, 0.6) is 11.5 Å². The van der Waals surface area contributed by atoms with Crippen LogP contribution in [-0.2, 0) is 15.3 Å². The fourth-order valence-electron chi connectivity index (χ4n) is 3.00. The number of carboxylic acid groups (broad SMARTS) is 1. The molecule has 0 heterocycles. The van der Waals surface area contributed by atoms with Crippen LogP contribution < -0.4 is 10.1 Å². The maximum atomic E-state index is 12.5. The maximum Gasteiger partial charge on any atom is 0.327 e.